The third-order valence-electron chi connectivity index (χ3n) is 2.60. The summed E-state index contributed by atoms with van der Waals surface area (Å²) in [5.41, 5.74) is 4.01. The summed E-state index contributed by atoms with van der Waals surface area (Å²) in [6.07, 6.45) is 0.981. The molecular weight excluding hydrogens is 163 g/mol. The van der Waals surface area contributed by atoms with Crippen LogP contribution < -0.4 is 5.46 Å². The summed E-state index contributed by atoms with van der Waals surface area (Å²) < 4.78 is 0. The molecule has 0 aliphatic carbocycles. The van der Waals surface area contributed by atoms with Crippen LogP contribution in [0.15, 0.2) is 12.1 Å². The van der Waals surface area contributed by atoms with Crippen molar-refractivity contribution >= 4 is 12.6 Å². The molecule has 0 saturated carbocycles. The molecule has 0 aromatic heterocycles. The van der Waals surface area contributed by atoms with E-state index < -0.39 is 7.12 Å². The minimum atomic E-state index is -1.36. The van der Waals surface area contributed by atoms with E-state index in [0.29, 0.717) is 5.46 Å². The van der Waals surface area contributed by atoms with E-state index in [1.54, 1.807) is 6.07 Å². The Morgan fingerprint density at radius 1 is 1.15 bits per heavy atom. The van der Waals surface area contributed by atoms with Gasteiger partial charge in [-0.2, -0.15) is 0 Å². The van der Waals surface area contributed by atoms with Gasteiger partial charge in [-0.15, -0.1) is 0 Å². The molecule has 2 nitrogen and oxygen atoms in total. The normalized spacial score (nSPS) is 10.2. The van der Waals surface area contributed by atoms with E-state index in [0.717, 1.165) is 17.5 Å². The van der Waals surface area contributed by atoms with Gasteiger partial charge in [-0.1, -0.05) is 19.1 Å². The monoisotopic (exact) mass is 178 g/mol. The van der Waals surface area contributed by atoms with Crippen molar-refractivity contribution in [2.24, 2.45) is 0 Å². The van der Waals surface area contributed by atoms with E-state index in [1.807, 2.05) is 19.9 Å². The largest absolute Gasteiger partial charge is 0.488 e. The van der Waals surface area contributed by atoms with E-state index in [-0.39, 0.29) is 0 Å². The van der Waals surface area contributed by atoms with Crippen LogP contribution in [0.25, 0.3) is 0 Å². The standard InChI is InChI=1S/C10H15BO2/c1-4-9-5-6-10(11(12)13)8(3)7(9)2/h5-6,12-13H,4H2,1-3H3. The second-order valence-corrected chi connectivity index (χ2v) is 3.29. The number of rotatable bonds is 2. The number of hydrogen-bond donors (Lipinski definition) is 2. The molecule has 0 heterocycles. The predicted molar refractivity (Wildman–Crippen MR) is 55.1 cm³/mol. The van der Waals surface area contributed by atoms with Crippen molar-refractivity contribution in [1.82, 2.24) is 0 Å². The molecule has 0 unspecified atom stereocenters. The fourth-order valence-electron chi connectivity index (χ4n) is 1.56. The van der Waals surface area contributed by atoms with Crippen molar-refractivity contribution < 1.29 is 10.0 Å². The van der Waals surface area contributed by atoms with Gasteiger partial charge in [0.05, 0.1) is 0 Å². The molecule has 0 saturated heterocycles. The maximum absolute atomic E-state index is 9.05. The van der Waals surface area contributed by atoms with Crippen LogP contribution in [0.4, 0.5) is 0 Å². The highest BCUT2D eigenvalue weighted by molar-refractivity contribution is 6.59. The van der Waals surface area contributed by atoms with Crippen molar-refractivity contribution in [3.05, 3.63) is 28.8 Å². The third-order valence-corrected chi connectivity index (χ3v) is 2.60. The summed E-state index contributed by atoms with van der Waals surface area (Å²) in [4.78, 5) is 0. The first-order valence-corrected chi connectivity index (χ1v) is 4.53. The van der Waals surface area contributed by atoms with Crippen LogP contribution in [0.5, 0.6) is 0 Å². The van der Waals surface area contributed by atoms with Gasteiger partial charge in [-0.25, -0.2) is 0 Å². The highest BCUT2D eigenvalue weighted by Gasteiger charge is 2.15. The van der Waals surface area contributed by atoms with Gasteiger partial charge in [0.15, 0.2) is 0 Å². The summed E-state index contributed by atoms with van der Waals surface area (Å²) in [6, 6.07) is 3.74. The van der Waals surface area contributed by atoms with E-state index in [2.05, 4.69) is 6.92 Å². The lowest BCUT2D eigenvalue weighted by molar-refractivity contribution is 0.425. The molecule has 1 rings (SSSR count). The molecular formula is C10H15BO2. The van der Waals surface area contributed by atoms with Crippen LogP contribution in [0.1, 0.15) is 23.6 Å². The first-order valence-electron chi connectivity index (χ1n) is 4.53. The molecule has 1 aromatic rings. The molecule has 70 valence electrons. The van der Waals surface area contributed by atoms with Crippen LogP contribution in [-0.2, 0) is 6.42 Å². The fourth-order valence-corrected chi connectivity index (χ4v) is 1.56. The lowest BCUT2D eigenvalue weighted by Crippen LogP contribution is -2.32. The van der Waals surface area contributed by atoms with Crippen LogP contribution >= 0.6 is 0 Å². The van der Waals surface area contributed by atoms with Gasteiger partial charge in [0.25, 0.3) is 0 Å². The van der Waals surface area contributed by atoms with Gasteiger partial charge in [-0.05, 0) is 42.4 Å². The van der Waals surface area contributed by atoms with Gasteiger partial charge in [-0.3, -0.25) is 0 Å². The molecule has 0 spiro atoms. The first kappa shape index (κ1) is 10.3. The van der Waals surface area contributed by atoms with Crippen LogP contribution in [0.3, 0.4) is 0 Å². The van der Waals surface area contributed by atoms with Crippen molar-refractivity contribution in [2.75, 3.05) is 0 Å². The van der Waals surface area contributed by atoms with Crippen LogP contribution in [0.2, 0.25) is 0 Å². The fraction of sp³-hybridized carbons (Fsp3) is 0.400. The second kappa shape index (κ2) is 3.94. The lowest BCUT2D eigenvalue weighted by atomic mass is 9.75. The lowest BCUT2D eigenvalue weighted by Gasteiger charge is -2.11. The summed E-state index contributed by atoms with van der Waals surface area (Å²) in [5.74, 6) is 0. The molecule has 1 aromatic carbocycles. The van der Waals surface area contributed by atoms with Crippen molar-refractivity contribution in [3.8, 4) is 0 Å². The van der Waals surface area contributed by atoms with Crippen molar-refractivity contribution in [3.63, 3.8) is 0 Å². The van der Waals surface area contributed by atoms with Crippen LogP contribution in [-0.4, -0.2) is 17.2 Å². The highest BCUT2D eigenvalue weighted by atomic mass is 16.4. The first-order chi connectivity index (χ1) is 6.07. The summed E-state index contributed by atoms with van der Waals surface area (Å²) in [6.45, 7) is 6.03. The van der Waals surface area contributed by atoms with Gasteiger partial charge in [0.2, 0.25) is 0 Å². The molecule has 13 heavy (non-hydrogen) atoms. The smallest absolute Gasteiger partial charge is 0.423 e. The molecule has 0 radical (unpaired) electrons. The van der Waals surface area contributed by atoms with Gasteiger partial charge < -0.3 is 10.0 Å². The Kier molecular flexibility index (Phi) is 3.12. The SMILES string of the molecule is CCc1ccc(B(O)O)c(C)c1C. The molecule has 0 amide bonds. The van der Waals surface area contributed by atoms with E-state index in [1.165, 1.54) is 5.56 Å². The van der Waals surface area contributed by atoms with Gasteiger partial charge >= 0.3 is 7.12 Å². The zero-order chi connectivity index (χ0) is 10.0. The summed E-state index contributed by atoms with van der Waals surface area (Å²) >= 11 is 0. The second-order valence-electron chi connectivity index (χ2n) is 3.29. The van der Waals surface area contributed by atoms with Gasteiger partial charge in [0.1, 0.15) is 0 Å². The number of benzene rings is 1. The maximum atomic E-state index is 9.05. The molecule has 0 aliphatic heterocycles. The molecule has 3 heteroatoms. The maximum Gasteiger partial charge on any atom is 0.488 e. The summed E-state index contributed by atoms with van der Waals surface area (Å²) in [7, 11) is -1.36. The molecule has 2 N–H and O–H groups in total. The Bertz CT molecular complexity index is 308. The Hall–Kier alpha value is -0.795. The van der Waals surface area contributed by atoms with E-state index in [4.69, 9.17) is 10.0 Å². The summed E-state index contributed by atoms with van der Waals surface area (Å²) in [5, 5.41) is 18.1. The molecule has 0 bridgehead atoms. The van der Waals surface area contributed by atoms with E-state index >= 15 is 0 Å². The zero-order valence-corrected chi connectivity index (χ0v) is 8.33. The number of aryl methyl sites for hydroxylation is 1. The average Bonchev–Trinajstić information content (AvgIpc) is 2.09. The molecule has 0 fully saturated rings. The number of hydrogen-bond acceptors (Lipinski definition) is 2. The van der Waals surface area contributed by atoms with E-state index in [9.17, 15) is 0 Å². The average molecular weight is 178 g/mol. The Labute approximate surface area is 79.4 Å². The Morgan fingerprint density at radius 3 is 2.23 bits per heavy atom. The Morgan fingerprint density at radius 2 is 1.77 bits per heavy atom. The zero-order valence-electron chi connectivity index (χ0n) is 8.33. The topological polar surface area (TPSA) is 40.5 Å². The van der Waals surface area contributed by atoms with Crippen molar-refractivity contribution in [2.45, 2.75) is 27.2 Å². The highest BCUT2D eigenvalue weighted by Crippen LogP contribution is 2.11. The minimum Gasteiger partial charge on any atom is -0.423 e. The molecule has 0 aliphatic rings. The third kappa shape index (κ3) is 1.93. The Balaban J connectivity index is 3.23. The quantitative estimate of drug-likeness (QED) is 0.649. The molecule has 0 atom stereocenters. The predicted octanol–water partition coefficient (Wildman–Crippen LogP) is 0.546. The minimum absolute atomic E-state index is 0.606. The van der Waals surface area contributed by atoms with Crippen molar-refractivity contribution in [1.29, 1.82) is 0 Å². The van der Waals surface area contributed by atoms with Crippen LogP contribution in [0, 0.1) is 13.8 Å². The van der Waals surface area contributed by atoms with Gasteiger partial charge in [0, 0.05) is 0 Å².